The highest BCUT2D eigenvalue weighted by atomic mass is 35.5. The first-order chi connectivity index (χ1) is 9.70. The van der Waals surface area contributed by atoms with Gasteiger partial charge in [0.2, 0.25) is 0 Å². The van der Waals surface area contributed by atoms with Crippen LogP contribution in [-0.2, 0) is 0 Å². The maximum Gasteiger partial charge on any atom is 0.270 e. The van der Waals surface area contributed by atoms with Gasteiger partial charge in [0.1, 0.15) is 11.5 Å². The minimum atomic E-state index is -0.144. The number of hydrogen-bond acceptors (Lipinski definition) is 5. The molecule has 0 saturated heterocycles. The lowest BCUT2D eigenvalue weighted by Gasteiger charge is -2.04. The van der Waals surface area contributed by atoms with Crippen LogP contribution < -0.4 is 10.6 Å². The van der Waals surface area contributed by atoms with E-state index in [4.69, 9.17) is 4.42 Å². The van der Waals surface area contributed by atoms with Gasteiger partial charge in [-0.2, -0.15) is 0 Å². The molecule has 2 rings (SSSR count). The van der Waals surface area contributed by atoms with Gasteiger partial charge in [-0.25, -0.2) is 4.98 Å². The summed E-state index contributed by atoms with van der Waals surface area (Å²) >= 11 is 1.41. The van der Waals surface area contributed by atoms with Crippen molar-refractivity contribution in [3.8, 4) is 10.8 Å². The van der Waals surface area contributed by atoms with Gasteiger partial charge in [0.15, 0.2) is 10.8 Å². The largest absolute Gasteiger partial charge is 0.459 e. The average Bonchev–Trinajstić information content (AvgIpc) is 3.06. The van der Waals surface area contributed by atoms with Crippen LogP contribution in [0.15, 0.2) is 21.9 Å². The average molecular weight is 330 g/mol. The van der Waals surface area contributed by atoms with Crippen molar-refractivity contribution < 1.29 is 9.21 Å². The predicted octanol–water partition coefficient (Wildman–Crippen LogP) is 2.86. The minimum absolute atomic E-state index is 0. The highest BCUT2D eigenvalue weighted by molar-refractivity contribution is 7.13. The number of rotatable bonds is 7. The Morgan fingerprint density at radius 3 is 2.81 bits per heavy atom. The van der Waals surface area contributed by atoms with Crippen LogP contribution in [0.25, 0.3) is 10.8 Å². The van der Waals surface area contributed by atoms with Gasteiger partial charge in [-0.15, -0.1) is 23.7 Å². The molecule has 1 amide bonds. The molecule has 0 spiro atoms. The smallest absolute Gasteiger partial charge is 0.270 e. The third-order valence-corrected chi connectivity index (χ3v) is 3.56. The van der Waals surface area contributed by atoms with Gasteiger partial charge in [0.05, 0.1) is 0 Å². The van der Waals surface area contributed by atoms with Gasteiger partial charge in [0.25, 0.3) is 5.91 Å². The van der Waals surface area contributed by atoms with Gasteiger partial charge in [0, 0.05) is 18.5 Å². The molecule has 0 aliphatic rings. The molecule has 0 aromatic carbocycles. The summed E-state index contributed by atoms with van der Waals surface area (Å²) in [6.45, 7) is 6.33. The van der Waals surface area contributed by atoms with Crippen LogP contribution in [0, 0.1) is 6.92 Å². The molecule has 0 aliphatic carbocycles. The van der Waals surface area contributed by atoms with Crippen LogP contribution >= 0.6 is 23.7 Å². The molecule has 21 heavy (non-hydrogen) atoms. The molecule has 0 radical (unpaired) electrons. The molecule has 5 nitrogen and oxygen atoms in total. The normalized spacial score (nSPS) is 10.2. The fourth-order valence-electron chi connectivity index (χ4n) is 1.70. The number of nitrogens with zero attached hydrogens (tertiary/aromatic N) is 1. The van der Waals surface area contributed by atoms with Gasteiger partial charge < -0.3 is 15.1 Å². The molecular weight excluding hydrogens is 310 g/mol. The van der Waals surface area contributed by atoms with Crippen molar-refractivity contribution >= 4 is 29.7 Å². The molecule has 0 atom stereocenters. The Balaban J connectivity index is 0.00000220. The Bertz CT molecular complexity index is 568. The summed E-state index contributed by atoms with van der Waals surface area (Å²) < 4.78 is 5.49. The van der Waals surface area contributed by atoms with Crippen molar-refractivity contribution in [1.82, 2.24) is 15.6 Å². The summed E-state index contributed by atoms with van der Waals surface area (Å²) in [6.07, 6.45) is 1.09. The van der Waals surface area contributed by atoms with E-state index >= 15 is 0 Å². The van der Waals surface area contributed by atoms with E-state index in [1.54, 1.807) is 5.38 Å². The maximum absolute atomic E-state index is 11.9. The standard InChI is InChI=1S/C14H19N3O2S.ClH/c1-3-6-15-7-8-16-13(18)11-9-20-14(17-11)12-5-4-10(2)19-12;/h4-5,9,15H,3,6-8H2,1-2H3,(H,16,18);1H. The Hall–Kier alpha value is -1.37. The molecule has 7 heteroatoms. The van der Waals surface area contributed by atoms with Crippen molar-refractivity contribution in [2.45, 2.75) is 20.3 Å². The monoisotopic (exact) mass is 329 g/mol. The Kier molecular flexibility index (Phi) is 7.42. The van der Waals surface area contributed by atoms with Gasteiger partial charge in [-0.1, -0.05) is 6.92 Å². The highest BCUT2D eigenvalue weighted by Crippen LogP contribution is 2.25. The second kappa shape index (κ2) is 8.81. The van der Waals surface area contributed by atoms with E-state index in [1.165, 1.54) is 11.3 Å². The number of carbonyl (C=O) groups excluding carboxylic acids is 1. The van der Waals surface area contributed by atoms with Crippen LogP contribution in [0.4, 0.5) is 0 Å². The first kappa shape index (κ1) is 17.7. The number of furan rings is 1. The molecule has 0 fully saturated rings. The van der Waals surface area contributed by atoms with Crippen LogP contribution in [-0.4, -0.2) is 30.5 Å². The van der Waals surface area contributed by atoms with Gasteiger partial charge in [-0.05, 0) is 32.0 Å². The lowest BCUT2D eigenvalue weighted by molar-refractivity contribution is 0.0949. The number of thiazole rings is 1. The Morgan fingerprint density at radius 2 is 2.14 bits per heavy atom. The van der Waals surface area contributed by atoms with Gasteiger partial charge in [-0.3, -0.25) is 4.79 Å². The third-order valence-electron chi connectivity index (χ3n) is 2.70. The zero-order chi connectivity index (χ0) is 14.4. The first-order valence-corrected chi connectivity index (χ1v) is 7.60. The first-order valence-electron chi connectivity index (χ1n) is 6.72. The predicted molar refractivity (Wildman–Crippen MR) is 87.3 cm³/mol. The summed E-state index contributed by atoms with van der Waals surface area (Å²) in [6, 6.07) is 3.75. The lowest BCUT2D eigenvalue weighted by Crippen LogP contribution is -2.32. The van der Waals surface area contributed by atoms with Crippen molar-refractivity contribution in [3.63, 3.8) is 0 Å². The molecule has 0 bridgehead atoms. The minimum Gasteiger partial charge on any atom is -0.459 e. The van der Waals surface area contributed by atoms with E-state index in [9.17, 15) is 4.79 Å². The number of carbonyl (C=O) groups is 1. The molecular formula is C14H20ClN3O2S. The fraction of sp³-hybridized carbons (Fsp3) is 0.429. The van der Waals surface area contributed by atoms with E-state index < -0.39 is 0 Å². The summed E-state index contributed by atoms with van der Waals surface area (Å²) in [5.74, 6) is 1.40. The van der Waals surface area contributed by atoms with Crippen molar-refractivity contribution in [1.29, 1.82) is 0 Å². The third kappa shape index (κ3) is 5.15. The second-order valence-corrected chi connectivity index (χ2v) is 5.31. The quantitative estimate of drug-likeness (QED) is 0.766. The van der Waals surface area contributed by atoms with Crippen LogP contribution in [0.5, 0.6) is 0 Å². The number of aromatic nitrogens is 1. The van der Waals surface area contributed by atoms with Crippen molar-refractivity contribution in [3.05, 3.63) is 29.0 Å². The molecule has 0 aliphatic heterocycles. The van der Waals surface area contributed by atoms with Crippen LogP contribution in [0.1, 0.15) is 29.6 Å². The van der Waals surface area contributed by atoms with Crippen LogP contribution in [0.2, 0.25) is 0 Å². The van der Waals surface area contributed by atoms with Crippen molar-refractivity contribution in [2.75, 3.05) is 19.6 Å². The zero-order valence-electron chi connectivity index (χ0n) is 12.1. The summed E-state index contributed by atoms with van der Waals surface area (Å²) in [7, 11) is 0. The van der Waals surface area contributed by atoms with E-state index in [-0.39, 0.29) is 18.3 Å². The van der Waals surface area contributed by atoms with E-state index in [0.29, 0.717) is 18.0 Å². The topological polar surface area (TPSA) is 67.2 Å². The SMILES string of the molecule is CCCNCCNC(=O)c1csc(-c2ccc(C)o2)n1.Cl. The van der Waals surface area contributed by atoms with E-state index in [1.807, 2.05) is 19.1 Å². The molecule has 2 aromatic heterocycles. The molecule has 0 saturated carbocycles. The fourth-order valence-corrected chi connectivity index (χ4v) is 2.46. The number of amides is 1. The summed E-state index contributed by atoms with van der Waals surface area (Å²) in [5, 5.41) is 8.55. The summed E-state index contributed by atoms with van der Waals surface area (Å²) in [5.41, 5.74) is 0.439. The van der Waals surface area contributed by atoms with Gasteiger partial charge >= 0.3 is 0 Å². The molecule has 0 unspecified atom stereocenters. The van der Waals surface area contributed by atoms with E-state index in [2.05, 4.69) is 22.5 Å². The number of hydrogen-bond donors (Lipinski definition) is 2. The van der Waals surface area contributed by atoms with Crippen LogP contribution in [0.3, 0.4) is 0 Å². The lowest BCUT2D eigenvalue weighted by atomic mass is 10.4. The Morgan fingerprint density at radius 1 is 1.33 bits per heavy atom. The van der Waals surface area contributed by atoms with E-state index in [0.717, 1.165) is 30.3 Å². The molecule has 2 heterocycles. The summed E-state index contributed by atoms with van der Waals surface area (Å²) in [4.78, 5) is 16.2. The molecule has 116 valence electrons. The Labute approximate surface area is 134 Å². The second-order valence-electron chi connectivity index (χ2n) is 4.45. The maximum atomic E-state index is 11.9. The molecule has 2 aromatic rings. The molecule has 2 N–H and O–H groups in total. The number of nitrogens with one attached hydrogen (secondary N) is 2. The van der Waals surface area contributed by atoms with Crippen molar-refractivity contribution in [2.24, 2.45) is 0 Å². The highest BCUT2D eigenvalue weighted by Gasteiger charge is 2.13. The number of aryl methyl sites for hydroxylation is 1. The number of halogens is 1. The zero-order valence-corrected chi connectivity index (χ0v) is 13.8.